The third-order valence-corrected chi connectivity index (χ3v) is 3.26. The van der Waals surface area contributed by atoms with Crippen LogP contribution in [0.2, 0.25) is 0 Å². The van der Waals surface area contributed by atoms with E-state index in [1.807, 2.05) is 4.90 Å². The molecule has 3 N–H and O–H groups in total. The van der Waals surface area contributed by atoms with Crippen molar-refractivity contribution in [2.75, 3.05) is 25.5 Å². The van der Waals surface area contributed by atoms with Gasteiger partial charge in [0.1, 0.15) is 11.6 Å². The van der Waals surface area contributed by atoms with E-state index < -0.39 is 11.6 Å². The lowest BCUT2D eigenvalue weighted by Gasteiger charge is -2.20. The minimum atomic E-state index is -0.721. The second kappa shape index (κ2) is 8.05. The summed E-state index contributed by atoms with van der Waals surface area (Å²) in [6.07, 6.45) is 0.788. The Hall–Kier alpha value is -1.53. The molecule has 118 valence electrons. The second-order valence-electron chi connectivity index (χ2n) is 5.64. The number of nitrogens with two attached hydrogens (primary N) is 1. The van der Waals surface area contributed by atoms with Gasteiger partial charge in [0, 0.05) is 17.8 Å². The number of likely N-dealkylation sites (N-methyl/N-ethyl adjacent to an activating group) is 1. The van der Waals surface area contributed by atoms with Crippen molar-refractivity contribution in [3.63, 3.8) is 0 Å². The minimum absolute atomic E-state index is 0.0906. The molecule has 0 saturated heterocycles. The summed E-state index contributed by atoms with van der Waals surface area (Å²) in [6.45, 7) is 4.93. The van der Waals surface area contributed by atoms with Gasteiger partial charge in [0.15, 0.2) is 0 Å². The number of rotatable bonds is 7. The molecule has 21 heavy (non-hydrogen) atoms. The molecule has 6 heteroatoms. The zero-order valence-electron chi connectivity index (χ0n) is 12.7. The van der Waals surface area contributed by atoms with E-state index in [-0.39, 0.29) is 24.2 Å². The molecule has 1 amide bonds. The predicted octanol–water partition coefficient (Wildman–Crippen LogP) is 2.21. The fraction of sp³-hybridized carbons (Fsp3) is 0.533. The van der Waals surface area contributed by atoms with Crippen molar-refractivity contribution < 1.29 is 13.6 Å². The third kappa shape index (κ3) is 6.64. The average Bonchev–Trinajstić information content (AvgIpc) is 2.34. The van der Waals surface area contributed by atoms with E-state index >= 15 is 0 Å². The molecule has 1 atom stereocenters. The van der Waals surface area contributed by atoms with E-state index in [1.165, 1.54) is 0 Å². The molecule has 0 spiro atoms. The van der Waals surface area contributed by atoms with Gasteiger partial charge >= 0.3 is 0 Å². The number of nitrogens with zero attached hydrogens (tertiary/aromatic N) is 1. The molecular weight excluding hydrogens is 276 g/mol. The number of hydrogen-bond acceptors (Lipinski definition) is 3. The van der Waals surface area contributed by atoms with E-state index in [0.29, 0.717) is 12.5 Å². The van der Waals surface area contributed by atoms with Crippen LogP contribution in [0, 0.1) is 17.6 Å². The van der Waals surface area contributed by atoms with Gasteiger partial charge in [-0.1, -0.05) is 13.8 Å². The van der Waals surface area contributed by atoms with Crippen LogP contribution in [-0.4, -0.2) is 37.0 Å². The van der Waals surface area contributed by atoms with Crippen LogP contribution in [0.15, 0.2) is 18.2 Å². The molecule has 0 aliphatic carbocycles. The molecule has 0 saturated carbocycles. The van der Waals surface area contributed by atoms with Crippen LogP contribution in [0.4, 0.5) is 14.5 Å². The SMILES string of the molecule is CC(C)C(N)CCN(C)CC(=O)Nc1cc(F)cc(F)c1. The fourth-order valence-corrected chi connectivity index (χ4v) is 1.85. The summed E-state index contributed by atoms with van der Waals surface area (Å²) in [5.74, 6) is -1.37. The highest BCUT2D eigenvalue weighted by Crippen LogP contribution is 2.12. The van der Waals surface area contributed by atoms with Crippen LogP contribution in [0.5, 0.6) is 0 Å². The van der Waals surface area contributed by atoms with Crippen molar-refractivity contribution in [3.05, 3.63) is 29.8 Å². The lowest BCUT2D eigenvalue weighted by Crippen LogP contribution is -2.35. The van der Waals surface area contributed by atoms with Crippen LogP contribution in [-0.2, 0) is 4.79 Å². The van der Waals surface area contributed by atoms with Crippen molar-refractivity contribution >= 4 is 11.6 Å². The molecule has 0 heterocycles. The molecule has 1 aromatic carbocycles. The van der Waals surface area contributed by atoms with Crippen LogP contribution in [0.25, 0.3) is 0 Å². The first-order valence-electron chi connectivity index (χ1n) is 6.98. The van der Waals surface area contributed by atoms with Crippen molar-refractivity contribution in [1.29, 1.82) is 0 Å². The van der Waals surface area contributed by atoms with Gasteiger partial charge in [0.2, 0.25) is 5.91 Å². The lowest BCUT2D eigenvalue weighted by molar-refractivity contribution is -0.117. The van der Waals surface area contributed by atoms with Crippen LogP contribution in [0.3, 0.4) is 0 Å². The molecule has 0 aromatic heterocycles. The highest BCUT2D eigenvalue weighted by Gasteiger charge is 2.12. The molecule has 1 aromatic rings. The molecular formula is C15H23F2N3O. The number of anilines is 1. The molecule has 0 aliphatic rings. The van der Waals surface area contributed by atoms with E-state index in [4.69, 9.17) is 5.73 Å². The highest BCUT2D eigenvalue weighted by atomic mass is 19.1. The Labute approximate surface area is 124 Å². The summed E-state index contributed by atoms with van der Waals surface area (Å²) in [7, 11) is 1.80. The first kappa shape index (κ1) is 17.5. The quantitative estimate of drug-likeness (QED) is 0.811. The highest BCUT2D eigenvalue weighted by molar-refractivity contribution is 5.92. The standard InChI is InChI=1S/C15H23F2N3O/c1-10(2)14(18)4-5-20(3)9-15(21)19-13-7-11(16)6-12(17)8-13/h6-8,10,14H,4-5,9,18H2,1-3H3,(H,19,21). The summed E-state index contributed by atoms with van der Waals surface area (Å²) in [4.78, 5) is 13.6. The number of carbonyl (C=O) groups is 1. The Kier molecular flexibility index (Phi) is 6.71. The van der Waals surface area contributed by atoms with Crippen molar-refractivity contribution in [2.45, 2.75) is 26.3 Å². The van der Waals surface area contributed by atoms with Gasteiger partial charge in [-0.15, -0.1) is 0 Å². The number of amides is 1. The normalized spacial score (nSPS) is 12.8. The molecule has 1 rings (SSSR count). The zero-order valence-corrected chi connectivity index (χ0v) is 12.7. The summed E-state index contributed by atoms with van der Waals surface area (Å²) in [5.41, 5.74) is 6.06. The maximum atomic E-state index is 13.0. The number of nitrogens with one attached hydrogen (secondary N) is 1. The van der Waals surface area contributed by atoms with Crippen molar-refractivity contribution in [1.82, 2.24) is 4.90 Å². The molecule has 0 radical (unpaired) electrons. The Balaban J connectivity index is 2.42. The number of halogens is 2. The van der Waals surface area contributed by atoms with E-state index in [1.54, 1.807) is 7.05 Å². The fourth-order valence-electron chi connectivity index (χ4n) is 1.85. The Morgan fingerprint density at radius 3 is 2.38 bits per heavy atom. The zero-order chi connectivity index (χ0) is 16.0. The largest absolute Gasteiger partial charge is 0.327 e. The minimum Gasteiger partial charge on any atom is -0.327 e. The van der Waals surface area contributed by atoms with Gasteiger partial charge in [0.25, 0.3) is 0 Å². The smallest absolute Gasteiger partial charge is 0.238 e. The molecule has 4 nitrogen and oxygen atoms in total. The number of carbonyl (C=O) groups excluding carboxylic acids is 1. The topological polar surface area (TPSA) is 58.4 Å². The van der Waals surface area contributed by atoms with Crippen molar-refractivity contribution in [2.24, 2.45) is 11.7 Å². The summed E-state index contributed by atoms with van der Waals surface area (Å²) in [5, 5.41) is 2.47. The first-order valence-corrected chi connectivity index (χ1v) is 6.98. The Morgan fingerprint density at radius 2 is 1.86 bits per heavy atom. The summed E-state index contributed by atoms with van der Waals surface area (Å²) in [6, 6.07) is 3.01. The number of benzene rings is 1. The molecule has 0 fully saturated rings. The summed E-state index contributed by atoms with van der Waals surface area (Å²) >= 11 is 0. The van der Waals surface area contributed by atoms with Gasteiger partial charge in [0.05, 0.1) is 6.54 Å². The van der Waals surface area contributed by atoms with Crippen LogP contribution >= 0.6 is 0 Å². The van der Waals surface area contributed by atoms with Gasteiger partial charge in [-0.3, -0.25) is 9.69 Å². The van der Waals surface area contributed by atoms with Crippen molar-refractivity contribution in [3.8, 4) is 0 Å². The van der Waals surface area contributed by atoms with Gasteiger partial charge in [-0.2, -0.15) is 0 Å². The van der Waals surface area contributed by atoms with Crippen LogP contribution in [0.1, 0.15) is 20.3 Å². The first-order chi connectivity index (χ1) is 9.77. The van der Waals surface area contributed by atoms with E-state index in [2.05, 4.69) is 19.2 Å². The lowest BCUT2D eigenvalue weighted by atomic mass is 10.0. The van der Waals surface area contributed by atoms with Crippen LogP contribution < -0.4 is 11.1 Å². The second-order valence-corrected chi connectivity index (χ2v) is 5.64. The Bertz CT molecular complexity index is 460. The van der Waals surface area contributed by atoms with E-state index in [0.717, 1.165) is 24.6 Å². The van der Waals surface area contributed by atoms with E-state index in [9.17, 15) is 13.6 Å². The molecule has 1 unspecified atom stereocenters. The summed E-state index contributed by atoms with van der Waals surface area (Å²) < 4.78 is 26.0. The Morgan fingerprint density at radius 1 is 1.29 bits per heavy atom. The average molecular weight is 299 g/mol. The molecule has 0 aliphatic heterocycles. The van der Waals surface area contributed by atoms with Gasteiger partial charge in [-0.25, -0.2) is 8.78 Å². The van der Waals surface area contributed by atoms with Gasteiger partial charge in [-0.05, 0) is 38.1 Å². The van der Waals surface area contributed by atoms with Gasteiger partial charge < -0.3 is 11.1 Å². The molecule has 0 bridgehead atoms. The maximum absolute atomic E-state index is 13.0. The maximum Gasteiger partial charge on any atom is 0.238 e. The number of hydrogen-bond donors (Lipinski definition) is 2. The third-order valence-electron chi connectivity index (χ3n) is 3.26. The monoisotopic (exact) mass is 299 g/mol. The predicted molar refractivity (Wildman–Crippen MR) is 79.9 cm³/mol.